The van der Waals surface area contributed by atoms with Gasteiger partial charge in [-0.25, -0.2) is 0 Å². The second-order valence-electron chi connectivity index (χ2n) is 3.17. The fraction of sp³-hybridized carbons (Fsp3) is 0.700. The minimum Gasteiger partial charge on any atom is -0.545 e. The van der Waals surface area contributed by atoms with Gasteiger partial charge in [-0.3, -0.25) is 0 Å². The first kappa shape index (κ1) is 12.2. The van der Waals surface area contributed by atoms with Gasteiger partial charge in [0, 0.05) is 0 Å². The van der Waals surface area contributed by atoms with Gasteiger partial charge in [0.2, 0.25) is 0 Å². The molecule has 0 unspecified atom stereocenters. The number of carbonyl (C=O) groups excluding carboxylic acids is 1. The van der Waals surface area contributed by atoms with E-state index in [4.69, 9.17) is 0 Å². The number of hydrogen-bond donors (Lipinski definition) is 1. The van der Waals surface area contributed by atoms with E-state index in [1.807, 2.05) is 0 Å². The number of aliphatic carboxylic acids is 1. The summed E-state index contributed by atoms with van der Waals surface area (Å²) < 4.78 is 0. The number of rotatable bonds is 2. The van der Waals surface area contributed by atoms with Gasteiger partial charge in [0.15, 0.2) is 0 Å². The van der Waals surface area contributed by atoms with Gasteiger partial charge in [-0.15, -0.1) is 0 Å². The fourth-order valence-electron chi connectivity index (χ4n) is 1.04. The van der Waals surface area contributed by atoms with Crippen LogP contribution in [-0.4, -0.2) is 19.1 Å². The fourth-order valence-corrected chi connectivity index (χ4v) is 1.04. The van der Waals surface area contributed by atoms with Crippen LogP contribution in [0.5, 0.6) is 0 Å². The maximum absolute atomic E-state index is 9.72. The van der Waals surface area contributed by atoms with E-state index in [0.717, 1.165) is 0 Å². The first-order valence-electron chi connectivity index (χ1n) is 4.89. The van der Waals surface area contributed by atoms with Crippen molar-refractivity contribution in [2.45, 2.75) is 32.6 Å². The number of quaternary nitrogens is 1. The zero-order valence-corrected chi connectivity index (χ0v) is 8.34. The molecule has 1 rings (SSSR count). The Balaban J connectivity index is 0.000000223. The standard InChI is InChI=1S/C5H11N.C5H8O2/c1-2-4-6-5-3-1;1-3-4(2)5(6)7/h6H,1-5H2;2-3H2,1H3,(H,6,7). The van der Waals surface area contributed by atoms with Crippen LogP contribution in [0.15, 0.2) is 12.2 Å². The summed E-state index contributed by atoms with van der Waals surface area (Å²) in [6.07, 6.45) is 4.82. The molecule has 0 radical (unpaired) electrons. The van der Waals surface area contributed by atoms with Crippen LogP contribution in [0.3, 0.4) is 0 Å². The van der Waals surface area contributed by atoms with Gasteiger partial charge in [0.25, 0.3) is 0 Å². The smallest absolute Gasteiger partial charge is 0.0755 e. The average Bonchev–Trinajstić information content (AvgIpc) is 2.20. The molecule has 3 nitrogen and oxygen atoms in total. The highest BCUT2D eigenvalue weighted by molar-refractivity contribution is 5.83. The lowest BCUT2D eigenvalue weighted by molar-refractivity contribution is -0.662. The van der Waals surface area contributed by atoms with E-state index in [-0.39, 0.29) is 5.57 Å². The summed E-state index contributed by atoms with van der Waals surface area (Å²) in [5, 5.41) is 12.1. The van der Waals surface area contributed by atoms with Crippen molar-refractivity contribution in [3.05, 3.63) is 12.2 Å². The molecule has 13 heavy (non-hydrogen) atoms. The van der Waals surface area contributed by atoms with Gasteiger partial charge < -0.3 is 15.2 Å². The molecule has 0 aromatic heterocycles. The summed E-state index contributed by atoms with van der Waals surface area (Å²) in [7, 11) is 0. The van der Waals surface area contributed by atoms with Crippen LogP contribution < -0.4 is 10.4 Å². The Kier molecular flexibility index (Phi) is 7.30. The molecule has 0 spiro atoms. The second-order valence-corrected chi connectivity index (χ2v) is 3.17. The lowest BCUT2D eigenvalue weighted by atomic mass is 10.2. The molecule has 0 amide bonds. The summed E-state index contributed by atoms with van der Waals surface area (Å²) in [6, 6.07) is 0. The van der Waals surface area contributed by atoms with Crippen molar-refractivity contribution in [3.63, 3.8) is 0 Å². The highest BCUT2D eigenvalue weighted by Gasteiger charge is 1.97. The van der Waals surface area contributed by atoms with Gasteiger partial charge >= 0.3 is 0 Å². The number of nitrogens with two attached hydrogens (primary N) is 1. The van der Waals surface area contributed by atoms with Gasteiger partial charge in [-0.1, -0.05) is 13.5 Å². The molecule has 0 aliphatic carbocycles. The molecule has 2 N–H and O–H groups in total. The Hall–Kier alpha value is -0.830. The minimum absolute atomic E-state index is 0.153. The molecule has 0 saturated carbocycles. The van der Waals surface area contributed by atoms with Crippen molar-refractivity contribution < 1.29 is 15.2 Å². The van der Waals surface area contributed by atoms with E-state index < -0.39 is 5.97 Å². The molecule has 1 aliphatic rings. The topological polar surface area (TPSA) is 56.7 Å². The number of piperidine rings is 1. The van der Waals surface area contributed by atoms with E-state index in [0.29, 0.717) is 6.42 Å². The van der Waals surface area contributed by atoms with E-state index in [2.05, 4.69) is 11.9 Å². The molecule has 3 heteroatoms. The quantitative estimate of drug-likeness (QED) is 0.586. The zero-order valence-electron chi connectivity index (χ0n) is 8.34. The molecule has 76 valence electrons. The van der Waals surface area contributed by atoms with Crippen molar-refractivity contribution >= 4 is 5.97 Å². The maximum Gasteiger partial charge on any atom is 0.0755 e. The predicted molar refractivity (Wildman–Crippen MR) is 49.9 cm³/mol. The van der Waals surface area contributed by atoms with Crippen molar-refractivity contribution in [1.29, 1.82) is 0 Å². The van der Waals surface area contributed by atoms with Crippen LogP contribution in [0.25, 0.3) is 0 Å². The number of carboxylic acid groups (broad SMARTS) is 1. The van der Waals surface area contributed by atoms with Crippen LogP contribution in [0, 0.1) is 0 Å². The predicted octanol–water partition coefficient (Wildman–Crippen LogP) is -0.564. The Labute approximate surface area is 79.8 Å². The average molecular weight is 185 g/mol. The Bertz CT molecular complexity index is 151. The van der Waals surface area contributed by atoms with Crippen molar-refractivity contribution in [2.24, 2.45) is 0 Å². The normalized spacial score (nSPS) is 15.5. The molecular weight excluding hydrogens is 166 g/mol. The molecule has 1 fully saturated rings. The van der Waals surface area contributed by atoms with Crippen molar-refractivity contribution in [1.82, 2.24) is 0 Å². The number of carboxylic acids is 1. The highest BCUT2D eigenvalue weighted by atomic mass is 16.4. The lowest BCUT2D eigenvalue weighted by Crippen LogP contribution is -2.85. The minimum atomic E-state index is -1.15. The van der Waals surface area contributed by atoms with Crippen molar-refractivity contribution in [2.75, 3.05) is 13.1 Å². The molecule has 0 bridgehead atoms. The molecule has 0 atom stereocenters. The van der Waals surface area contributed by atoms with Crippen LogP contribution in [-0.2, 0) is 4.79 Å². The molecule has 1 heterocycles. The monoisotopic (exact) mass is 185 g/mol. The first-order valence-corrected chi connectivity index (χ1v) is 4.89. The summed E-state index contributed by atoms with van der Waals surface area (Å²) in [5.41, 5.74) is 0.153. The SMILES string of the molecule is C1CC[NH2+]CC1.C=C(CC)C(=O)[O-]. The van der Waals surface area contributed by atoms with Gasteiger partial charge in [-0.05, 0) is 31.3 Å². The third-order valence-electron chi connectivity index (χ3n) is 2.03. The third kappa shape index (κ3) is 7.53. The lowest BCUT2D eigenvalue weighted by Gasteiger charge is -2.05. The van der Waals surface area contributed by atoms with Crippen molar-refractivity contribution in [3.8, 4) is 0 Å². The molecule has 0 aromatic rings. The van der Waals surface area contributed by atoms with Crippen LogP contribution >= 0.6 is 0 Å². The second kappa shape index (κ2) is 7.80. The third-order valence-corrected chi connectivity index (χ3v) is 2.03. The van der Waals surface area contributed by atoms with Gasteiger partial charge in [0.1, 0.15) is 0 Å². The summed E-state index contributed by atoms with van der Waals surface area (Å²) in [6.45, 7) is 7.68. The largest absolute Gasteiger partial charge is 0.545 e. The molecule has 0 aromatic carbocycles. The van der Waals surface area contributed by atoms with Gasteiger partial charge in [-0.2, -0.15) is 0 Å². The van der Waals surface area contributed by atoms with Crippen LogP contribution in [0.1, 0.15) is 32.6 Å². The number of hydrogen-bond acceptors (Lipinski definition) is 2. The van der Waals surface area contributed by atoms with E-state index >= 15 is 0 Å². The summed E-state index contributed by atoms with van der Waals surface area (Å²) in [5.74, 6) is -1.15. The Morgan fingerprint density at radius 3 is 2.00 bits per heavy atom. The van der Waals surface area contributed by atoms with Crippen LogP contribution in [0.4, 0.5) is 0 Å². The maximum atomic E-state index is 9.72. The highest BCUT2D eigenvalue weighted by Crippen LogP contribution is 1.91. The molecular formula is C10H19NO2. The summed E-state index contributed by atoms with van der Waals surface area (Å²) in [4.78, 5) is 9.72. The Morgan fingerprint density at radius 2 is 1.92 bits per heavy atom. The van der Waals surface area contributed by atoms with E-state index in [9.17, 15) is 9.90 Å². The Morgan fingerprint density at radius 1 is 1.38 bits per heavy atom. The molecule has 1 saturated heterocycles. The van der Waals surface area contributed by atoms with Gasteiger partial charge in [0.05, 0.1) is 19.1 Å². The van der Waals surface area contributed by atoms with Crippen LogP contribution in [0.2, 0.25) is 0 Å². The first-order chi connectivity index (χ1) is 6.18. The van der Waals surface area contributed by atoms with E-state index in [1.165, 1.54) is 32.4 Å². The summed E-state index contributed by atoms with van der Waals surface area (Å²) >= 11 is 0. The van der Waals surface area contributed by atoms with E-state index in [1.54, 1.807) is 6.92 Å². The number of carbonyl (C=O) groups is 1. The molecule has 1 aliphatic heterocycles. The zero-order chi connectivity index (χ0) is 10.1.